The van der Waals surface area contributed by atoms with Crippen LogP contribution in [0.5, 0.6) is 0 Å². The summed E-state index contributed by atoms with van der Waals surface area (Å²) in [6.45, 7) is 0.887. The fraction of sp³-hybridized carbons (Fsp3) is 0.375. The first-order valence-corrected chi connectivity index (χ1v) is 7.63. The summed E-state index contributed by atoms with van der Waals surface area (Å²) in [7, 11) is 0. The molecule has 0 bridgehead atoms. The molecule has 1 atom stereocenters. The molecule has 0 spiro atoms. The number of aliphatic carboxylic acids is 1. The van der Waals surface area contributed by atoms with Gasteiger partial charge in [-0.1, -0.05) is 30.3 Å². The zero-order chi connectivity index (χ0) is 18.4. The zero-order valence-corrected chi connectivity index (χ0v) is 13.7. The van der Waals surface area contributed by atoms with Gasteiger partial charge in [0, 0.05) is 6.42 Å². The molecule has 1 aliphatic rings. The van der Waals surface area contributed by atoms with Crippen molar-refractivity contribution in [1.29, 1.82) is 0 Å². The number of carbonyl (C=O) groups excluding carboxylic acids is 3. The normalized spacial score (nSPS) is 19.4. The first kappa shape index (κ1) is 18.2. The highest BCUT2D eigenvalue weighted by Crippen LogP contribution is 2.28. The molecule has 134 valence electrons. The van der Waals surface area contributed by atoms with Crippen molar-refractivity contribution in [3.05, 3.63) is 35.9 Å². The summed E-state index contributed by atoms with van der Waals surface area (Å²) in [5.74, 6) is -2.32. The Kier molecular flexibility index (Phi) is 5.58. The molecule has 1 aromatic carbocycles. The van der Waals surface area contributed by atoms with E-state index in [4.69, 9.17) is 9.84 Å². The Balaban J connectivity index is 1.97. The third kappa shape index (κ3) is 4.46. The molecule has 9 nitrogen and oxygen atoms in total. The number of hydrazine groups is 1. The summed E-state index contributed by atoms with van der Waals surface area (Å²) in [4.78, 5) is 46.8. The van der Waals surface area contributed by atoms with Crippen LogP contribution in [-0.4, -0.2) is 46.1 Å². The summed E-state index contributed by atoms with van der Waals surface area (Å²) in [5.41, 5.74) is 1.67. The van der Waals surface area contributed by atoms with Crippen LogP contribution in [0.25, 0.3) is 0 Å². The van der Waals surface area contributed by atoms with E-state index in [-0.39, 0.29) is 19.4 Å². The van der Waals surface area contributed by atoms with E-state index in [0.717, 1.165) is 10.6 Å². The van der Waals surface area contributed by atoms with Gasteiger partial charge in [-0.2, -0.15) is 0 Å². The van der Waals surface area contributed by atoms with Gasteiger partial charge in [0.2, 0.25) is 11.8 Å². The Morgan fingerprint density at radius 2 is 1.96 bits per heavy atom. The molecule has 1 aromatic rings. The molecular weight excluding hydrogens is 330 g/mol. The van der Waals surface area contributed by atoms with Crippen molar-refractivity contribution in [2.75, 3.05) is 6.54 Å². The highest BCUT2D eigenvalue weighted by Gasteiger charge is 2.48. The maximum absolute atomic E-state index is 12.2. The minimum Gasteiger partial charge on any atom is -0.480 e. The van der Waals surface area contributed by atoms with E-state index < -0.39 is 36.0 Å². The van der Waals surface area contributed by atoms with E-state index in [0.29, 0.717) is 0 Å². The van der Waals surface area contributed by atoms with Gasteiger partial charge < -0.3 is 15.2 Å². The molecule has 25 heavy (non-hydrogen) atoms. The van der Waals surface area contributed by atoms with Crippen LogP contribution in [0.3, 0.4) is 0 Å². The molecule has 1 heterocycles. The summed E-state index contributed by atoms with van der Waals surface area (Å²) in [6.07, 6.45) is -0.678. The summed E-state index contributed by atoms with van der Waals surface area (Å²) in [5, 5.41) is 11.8. The average molecular weight is 349 g/mol. The molecule has 0 saturated carbocycles. The van der Waals surface area contributed by atoms with E-state index >= 15 is 0 Å². The maximum atomic E-state index is 12.2. The number of benzene rings is 1. The van der Waals surface area contributed by atoms with Crippen molar-refractivity contribution in [3.63, 3.8) is 0 Å². The lowest BCUT2D eigenvalue weighted by atomic mass is 9.99. The van der Waals surface area contributed by atoms with Gasteiger partial charge in [-0.15, -0.1) is 0 Å². The number of rotatable bonds is 6. The Labute approximate surface area is 143 Å². The monoisotopic (exact) mass is 349 g/mol. The second kappa shape index (κ2) is 7.65. The predicted octanol–water partition coefficient (Wildman–Crippen LogP) is 0.410. The smallest absolute Gasteiger partial charge is 0.426 e. The van der Waals surface area contributed by atoms with Gasteiger partial charge in [0.1, 0.15) is 18.7 Å². The molecule has 1 saturated heterocycles. The Bertz CT molecular complexity index is 678. The maximum Gasteiger partial charge on any atom is 0.426 e. The number of nitrogens with zero attached hydrogens (tertiary/aromatic N) is 1. The SMILES string of the molecule is CC1(C(=O)NCC(=O)O)CCC(=O)N1NC(=O)OCc1ccccc1. The molecule has 1 unspecified atom stereocenters. The number of ether oxygens (including phenoxy) is 1. The molecule has 0 aliphatic carbocycles. The number of carboxylic acid groups (broad SMARTS) is 1. The first-order valence-electron chi connectivity index (χ1n) is 7.63. The Hall–Kier alpha value is -3.10. The van der Waals surface area contributed by atoms with Crippen molar-refractivity contribution in [2.24, 2.45) is 0 Å². The molecular formula is C16H19N3O6. The van der Waals surface area contributed by atoms with Gasteiger partial charge in [0.15, 0.2) is 0 Å². The second-order valence-corrected chi connectivity index (χ2v) is 5.75. The lowest BCUT2D eigenvalue weighted by Gasteiger charge is -2.33. The number of hydrogen-bond donors (Lipinski definition) is 3. The van der Waals surface area contributed by atoms with Gasteiger partial charge in [-0.3, -0.25) is 14.4 Å². The Morgan fingerprint density at radius 3 is 2.60 bits per heavy atom. The first-order chi connectivity index (χ1) is 11.8. The van der Waals surface area contributed by atoms with Crippen LogP contribution in [0.1, 0.15) is 25.3 Å². The van der Waals surface area contributed by atoms with E-state index in [1.54, 1.807) is 24.3 Å². The second-order valence-electron chi connectivity index (χ2n) is 5.75. The van der Waals surface area contributed by atoms with Crippen LogP contribution in [0, 0.1) is 0 Å². The van der Waals surface area contributed by atoms with E-state index in [2.05, 4.69) is 10.7 Å². The van der Waals surface area contributed by atoms with Crippen molar-refractivity contribution >= 4 is 23.9 Å². The highest BCUT2D eigenvalue weighted by atomic mass is 16.6. The minimum absolute atomic E-state index is 0.0105. The number of amides is 3. The van der Waals surface area contributed by atoms with E-state index in [1.807, 2.05) is 6.07 Å². The van der Waals surface area contributed by atoms with Crippen LogP contribution in [-0.2, 0) is 25.7 Å². The topological polar surface area (TPSA) is 125 Å². The predicted molar refractivity (Wildman–Crippen MR) is 84.9 cm³/mol. The molecule has 1 fully saturated rings. The van der Waals surface area contributed by atoms with Gasteiger partial charge in [0.25, 0.3) is 0 Å². The van der Waals surface area contributed by atoms with Crippen LogP contribution < -0.4 is 10.7 Å². The van der Waals surface area contributed by atoms with E-state index in [1.165, 1.54) is 6.92 Å². The number of hydrogen-bond acceptors (Lipinski definition) is 5. The van der Waals surface area contributed by atoms with Gasteiger partial charge >= 0.3 is 12.1 Å². The summed E-state index contributed by atoms with van der Waals surface area (Å²) in [6, 6.07) is 8.97. The molecule has 3 amide bonds. The van der Waals surface area contributed by atoms with Gasteiger partial charge in [-0.05, 0) is 18.9 Å². The zero-order valence-electron chi connectivity index (χ0n) is 13.7. The summed E-state index contributed by atoms with van der Waals surface area (Å²) < 4.78 is 5.04. The van der Waals surface area contributed by atoms with Crippen molar-refractivity contribution < 1.29 is 29.0 Å². The number of carboxylic acids is 1. The molecule has 0 aromatic heterocycles. The van der Waals surface area contributed by atoms with Crippen LogP contribution in [0.4, 0.5) is 4.79 Å². The number of carbonyl (C=O) groups is 4. The third-order valence-electron chi connectivity index (χ3n) is 3.87. The van der Waals surface area contributed by atoms with Gasteiger partial charge in [-0.25, -0.2) is 15.2 Å². The minimum atomic E-state index is -1.38. The number of nitrogens with one attached hydrogen (secondary N) is 2. The highest BCUT2D eigenvalue weighted by molar-refractivity contribution is 5.96. The molecule has 2 rings (SSSR count). The van der Waals surface area contributed by atoms with E-state index in [9.17, 15) is 19.2 Å². The van der Waals surface area contributed by atoms with Crippen LogP contribution in [0.15, 0.2) is 30.3 Å². The quantitative estimate of drug-likeness (QED) is 0.683. The third-order valence-corrected chi connectivity index (χ3v) is 3.87. The Morgan fingerprint density at radius 1 is 1.28 bits per heavy atom. The largest absolute Gasteiger partial charge is 0.480 e. The lowest BCUT2D eigenvalue weighted by Crippen LogP contribution is -2.61. The fourth-order valence-electron chi connectivity index (χ4n) is 2.44. The fourth-order valence-corrected chi connectivity index (χ4v) is 2.44. The van der Waals surface area contributed by atoms with Crippen LogP contribution in [0.2, 0.25) is 0 Å². The van der Waals surface area contributed by atoms with Crippen LogP contribution >= 0.6 is 0 Å². The molecule has 1 aliphatic heterocycles. The molecule has 0 radical (unpaired) electrons. The van der Waals surface area contributed by atoms with Crippen molar-refractivity contribution in [1.82, 2.24) is 15.8 Å². The summed E-state index contributed by atoms with van der Waals surface area (Å²) >= 11 is 0. The average Bonchev–Trinajstić information content (AvgIpc) is 2.88. The van der Waals surface area contributed by atoms with Crippen molar-refractivity contribution in [2.45, 2.75) is 31.9 Å². The lowest BCUT2D eigenvalue weighted by molar-refractivity contribution is -0.145. The van der Waals surface area contributed by atoms with Gasteiger partial charge in [0.05, 0.1) is 0 Å². The molecule has 9 heteroatoms. The van der Waals surface area contributed by atoms with Crippen molar-refractivity contribution in [3.8, 4) is 0 Å². The molecule has 3 N–H and O–H groups in total. The standard InChI is InChI=1S/C16H19N3O6/c1-16(14(23)17-9-13(21)22)8-7-12(20)19(16)18-15(24)25-10-11-5-3-2-4-6-11/h2-6H,7-10H2,1H3,(H,17,23)(H,18,24)(H,21,22).